The third kappa shape index (κ3) is 6.24. The second-order valence-electron chi connectivity index (χ2n) is 4.19. The predicted octanol–water partition coefficient (Wildman–Crippen LogP) is 1.75. The summed E-state index contributed by atoms with van der Waals surface area (Å²) in [6.45, 7) is 3.25. The lowest BCUT2D eigenvalue weighted by Gasteiger charge is -2.10. The lowest BCUT2D eigenvalue weighted by atomic mass is 10.3. The van der Waals surface area contributed by atoms with Crippen LogP contribution in [0.3, 0.4) is 0 Å². The van der Waals surface area contributed by atoms with Gasteiger partial charge < -0.3 is 15.0 Å². The Bertz CT molecular complexity index is 318. The van der Waals surface area contributed by atoms with Crippen LogP contribution in [0.1, 0.15) is 6.42 Å². The van der Waals surface area contributed by atoms with E-state index >= 15 is 0 Å². The summed E-state index contributed by atoms with van der Waals surface area (Å²) < 4.78 is 18.5. The van der Waals surface area contributed by atoms with Gasteiger partial charge in [-0.05, 0) is 45.7 Å². The summed E-state index contributed by atoms with van der Waals surface area (Å²) in [6, 6.07) is 6.46. The molecule has 0 unspecified atom stereocenters. The fourth-order valence-corrected chi connectivity index (χ4v) is 1.44. The van der Waals surface area contributed by atoms with Gasteiger partial charge in [0.15, 0.2) is 11.6 Å². The molecule has 0 saturated carbocycles. The molecular weight excluding hydrogens is 219 g/mol. The van der Waals surface area contributed by atoms with E-state index in [2.05, 4.69) is 24.3 Å². The molecule has 0 aromatic heterocycles. The molecule has 1 N–H and O–H groups in total. The molecule has 0 aliphatic heterocycles. The van der Waals surface area contributed by atoms with E-state index in [1.165, 1.54) is 6.07 Å². The Morgan fingerprint density at radius 1 is 1.24 bits per heavy atom. The van der Waals surface area contributed by atoms with E-state index in [1.54, 1.807) is 18.2 Å². The molecule has 96 valence electrons. The van der Waals surface area contributed by atoms with E-state index in [0.717, 1.165) is 26.1 Å². The van der Waals surface area contributed by atoms with Crippen molar-refractivity contribution in [2.24, 2.45) is 0 Å². The largest absolute Gasteiger partial charge is 0.489 e. The summed E-state index contributed by atoms with van der Waals surface area (Å²) in [5.41, 5.74) is 0. The third-order valence-corrected chi connectivity index (χ3v) is 2.33. The number of rotatable bonds is 8. The second-order valence-corrected chi connectivity index (χ2v) is 4.19. The monoisotopic (exact) mass is 240 g/mol. The number of hydrogen-bond acceptors (Lipinski definition) is 3. The van der Waals surface area contributed by atoms with Crippen LogP contribution in [0, 0.1) is 5.82 Å². The van der Waals surface area contributed by atoms with Crippen LogP contribution in [-0.2, 0) is 0 Å². The van der Waals surface area contributed by atoms with E-state index in [9.17, 15) is 4.39 Å². The Balaban J connectivity index is 2.03. The highest BCUT2D eigenvalue weighted by atomic mass is 19.1. The zero-order valence-electron chi connectivity index (χ0n) is 10.6. The van der Waals surface area contributed by atoms with Crippen molar-refractivity contribution in [3.8, 4) is 5.75 Å². The zero-order chi connectivity index (χ0) is 12.5. The van der Waals surface area contributed by atoms with Crippen molar-refractivity contribution in [2.45, 2.75) is 6.42 Å². The molecule has 0 bridgehead atoms. The maximum Gasteiger partial charge on any atom is 0.165 e. The van der Waals surface area contributed by atoms with Crippen LogP contribution >= 0.6 is 0 Å². The molecule has 3 nitrogen and oxygen atoms in total. The minimum atomic E-state index is -0.305. The van der Waals surface area contributed by atoms with Gasteiger partial charge in [0, 0.05) is 6.54 Å². The van der Waals surface area contributed by atoms with Crippen LogP contribution in [0.5, 0.6) is 5.75 Å². The molecule has 0 saturated heterocycles. The summed E-state index contributed by atoms with van der Waals surface area (Å²) in [5.74, 6) is 0.0164. The first-order chi connectivity index (χ1) is 8.20. The highest BCUT2D eigenvalue weighted by Gasteiger charge is 2.00. The summed E-state index contributed by atoms with van der Waals surface area (Å²) in [5, 5.41) is 3.26. The molecule has 0 fully saturated rings. The van der Waals surface area contributed by atoms with Gasteiger partial charge in [0.05, 0.1) is 0 Å². The molecule has 0 atom stereocenters. The number of halogens is 1. The Kier molecular flexibility index (Phi) is 6.58. The normalized spacial score (nSPS) is 10.8. The second kappa shape index (κ2) is 8.03. The number of nitrogens with one attached hydrogen (secondary N) is 1. The lowest BCUT2D eigenvalue weighted by molar-refractivity contribution is 0.297. The van der Waals surface area contributed by atoms with Crippen molar-refractivity contribution in [1.82, 2.24) is 10.2 Å². The first-order valence-electron chi connectivity index (χ1n) is 5.93. The molecule has 1 aromatic carbocycles. The van der Waals surface area contributed by atoms with Gasteiger partial charge in [-0.15, -0.1) is 0 Å². The molecule has 4 heteroatoms. The number of nitrogens with zero attached hydrogens (tertiary/aromatic N) is 1. The topological polar surface area (TPSA) is 24.5 Å². The summed E-state index contributed by atoms with van der Waals surface area (Å²) >= 11 is 0. The summed E-state index contributed by atoms with van der Waals surface area (Å²) in [7, 11) is 4.11. The van der Waals surface area contributed by atoms with Gasteiger partial charge in [-0.1, -0.05) is 12.1 Å². The molecule has 0 radical (unpaired) electrons. The maximum atomic E-state index is 13.2. The molecule has 0 aliphatic carbocycles. The minimum Gasteiger partial charge on any atom is -0.489 e. The maximum absolute atomic E-state index is 13.2. The number of ether oxygens (including phenoxy) is 1. The Hall–Kier alpha value is -1.13. The average molecular weight is 240 g/mol. The Labute approximate surface area is 103 Å². The van der Waals surface area contributed by atoms with E-state index in [1.807, 2.05) is 0 Å². The van der Waals surface area contributed by atoms with Crippen molar-refractivity contribution in [2.75, 3.05) is 40.3 Å². The average Bonchev–Trinajstić information content (AvgIpc) is 2.30. The Morgan fingerprint density at radius 3 is 2.71 bits per heavy atom. The fourth-order valence-electron chi connectivity index (χ4n) is 1.44. The molecule has 0 aliphatic rings. The quantitative estimate of drug-likeness (QED) is 0.701. The van der Waals surface area contributed by atoms with E-state index in [0.29, 0.717) is 12.4 Å². The standard InChI is InChI=1S/C13H21FN2O/c1-16(2)10-5-8-15-9-11-17-13-7-4-3-6-12(13)14/h3-4,6-7,15H,5,8-11H2,1-2H3. The van der Waals surface area contributed by atoms with Crippen LogP contribution in [-0.4, -0.2) is 45.2 Å². The Morgan fingerprint density at radius 2 is 2.00 bits per heavy atom. The molecule has 1 rings (SSSR count). The van der Waals surface area contributed by atoms with Gasteiger partial charge in [-0.25, -0.2) is 4.39 Å². The lowest BCUT2D eigenvalue weighted by Crippen LogP contribution is -2.25. The van der Waals surface area contributed by atoms with Crippen molar-refractivity contribution < 1.29 is 9.13 Å². The summed E-state index contributed by atoms with van der Waals surface area (Å²) in [4.78, 5) is 2.15. The first-order valence-corrected chi connectivity index (χ1v) is 5.93. The molecule has 1 aromatic rings. The third-order valence-electron chi connectivity index (χ3n) is 2.33. The van der Waals surface area contributed by atoms with E-state index in [-0.39, 0.29) is 5.82 Å². The van der Waals surface area contributed by atoms with Crippen molar-refractivity contribution >= 4 is 0 Å². The van der Waals surface area contributed by atoms with Gasteiger partial charge in [-0.3, -0.25) is 0 Å². The van der Waals surface area contributed by atoms with Crippen molar-refractivity contribution in [3.05, 3.63) is 30.1 Å². The summed E-state index contributed by atoms with van der Waals surface area (Å²) in [6.07, 6.45) is 1.10. The van der Waals surface area contributed by atoms with Gasteiger partial charge in [0.2, 0.25) is 0 Å². The van der Waals surface area contributed by atoms with Crippen LogP contribution in [0.15, 0.2) is 24.3 Å². The van der Waals surface area contributed by atoms with Gasteiger partial charge in [-0.2, -0.15) is 0 Å². The molecule has 0 spiro atoms. The molecule has 0 heterocycles. The van der Waals surface area contributed by atoms with Crippen LogP contribution in [0.2, 0.25) is 0 Å². The van der Waals surface area contributed by atoms with Gasteiger partial charge in [0.25, 0.3) is 0 Å². The highest BCUT2D eigenvalue weighted by molar-refractivity contribution is 5.23. The zero-order valence-corrected chi connectivity index (χ0v) is 10.6. The van der Waals surface area contributed by atoms with Crippen LogP contribution in [0.25, 0.3) is 0 Å². The van der Waals surface area contributed by atoms with Gasteiger partial charge in [0.1, 0.15) is 6.61 Å². The van der Waals surface area contributed by atoms with Gasteiger partial charge >= 0.3 is 0 Å². The predicted molar refractivity (Wildman–Crippen MR) is 67.9 cm³/mol. The smallest absolute Gasteiger partial charge is 0.165 e. The first kappa shape index (κ1) is 13.9. The molecular formula is C13H21FN2O. The SMILES string of the molecule is CN(C)CCCNCCOc1ccccc1F. The van der Waals surface area contributed by atoms with E-state index < -0.39 is 0 Å². The molecule has 0 amide bonds. The molecule has 17 heavy (non-hydrogen) atoms. The number of hydrogen-bond donors (Lipinski definition) is 1. The van der Waals surface area contributed by atoms with Crippen LogP contribution in [0.4, 0.5) is 4.39 Å². The number of benzene rings is 1. The van der Waals surface area contributed by atoms with E-state index in [4.69, 9.17) is 4.74 Å². The van der Waals surface area contributed by atoms with Crippen molar-refractivity contribution in [1.29, 1.82) is 0 Å². The number of para-hydroxylation sites is 1. The fraction of sp³-hybridized carbons (Fsp3) is 0.538. The minimum absolute atomic E-state index is 0.305. The van der Waals surface area contributed by atoms with Crippen molar-refractivity contribution in [3.63, 3.8) is 0 Å². The highest BCUT2D eigenvalue weighted by Crippen LogP contribution is 2.14. The van der Waals surface area contributed by atoms with Crippen LogP contribution < -0.4 is 10.1 Å².